The van der Waals surface area contributed by atoms with E-state index in [1.807, 2.05) is 22.7 Å². The molecule has 2 aromatic heterocycles. The molecule has 0 amide bonds. The van der Waals surface area contributed by atoms with Crippen molar-refractivity contribution < 1.29 is 9.59 Å². The van der Waals surface area contributed by atoms with Gasteiger partial charge >= 0.3 is 0 Å². The fourth-order valence-electron chi connectivity index (χ4n) is 7.15. The number of thiophene rings is 2. The zero-order valence-corrected chi connectivity index (χ0v) is 20.9. The minimum Gasteiger partial charge on any atom is -0.294 e. The maximum Gasteiger partial charge on any atom is 0.168 e. The highest BCUT2D eigenvalue weighted by Gasteiger charge is 2.42. The van der Waals surface area contributed by atoms with Gasteiger partial charge in [-0.25, -0.2) is 0 Å². The number of hydrogen-bond acceptors (Lipinski definition) is 4. The van der Waals surface area contributed by atoms with Crippen LogP contribution in [0.5, 0.6) is 0 Å². The SMILES string of the molecule is O=C1c2c(sc3c4c(sc23)C2CCCCCCC(C2)C4=O)C2CCCCCCCCC1C2. The van der Waals surface area contributed by atoms with Crippen LogP contribution in [-0.4, -0.2) is 11.6 Å². The molecular weight excluding hydrogens is 432 g/mol. The summed E-state index contributed by atoms with van der Waals surface area (Å²) in [5.41, 5.74) is 2.14. The van der Waals surface area contributed by atoms with Crippen LogP contribution in [0.25, 0.3) is 9.40 Å². The molecule has 2 aromatic rings. The van der Waals surface area contributed by atoms with Gasteiger partial charge in [0.25, 0.3) is 0 Å². The minimum absolute atomic E-state index is 0.215. The molecule has 0 radical (unpaired) electrons. The van der Waals surface area contributed by atoms with E-state index in [1.165, 1.54) is 96.2 Å². The zero-order chi connectivity index (χ0) is 21.7. The molecule has 2 heterocycles. The van der Waals surface area contributed by atoms with Crippen LogP contribution in [0.4, 0.5) is 0 Å². The summed E-state index contributed by atoms with van der Waals surface area (Å²) in [5, 5.41) is 0. The van der Waals surface area contributed by atoms with Crippen LogP contribution in [0, 0.1) is 11.8 Å². The van der Waals surface area contributed by atoms with Gasteiger partial charge in [-0.3, -0.25) is 9.59 Å². The van der Waals surface area contributed by atoms with E-state index in [-0.39, 0.29) is 11.8 Å². The predicted octanol–water partition coefficient (Wildman–Crippen LogP) is 9.02. The van der Waals surface area contributed by atoms with E-state index in [0.717, 1.165) is 36.8 Å². The lowest BCUT2D eigenvalue weighted by Crippen LogP contribution is -2.24. The second kappa shape index (κ2) is 8.98. The Hall–Kier alpha value is -1.00. The van der Waals surface area contributed by atoms with Crippen molar-refractivity contribution >= 4 is 43.6 Å². The lowest BCUT2D eigenvalue weighted by Gasteiger charge is -2.29. The van der Waals surface area contributed by atoms with E-state index >= 15 is 0 Å². The van der Waals surface area contributed by atoms with Gasteiger partial charge < -0.3 is 0 Å². The van der Waals surface area contributed by atoms with Crippen LogP contribution >= 0.6 is 22.7 Å². The molecule has 4 aliphatic carbocycles. The van der Waals surface area contributed by atoms with Gasteiger partial charge in [0.15, 0.2) is 11.6 Å². The Kier molecular flexibility index (Phi) is 6.04. The van der Waals surface area contributed by atoms with Gasteiger partial charge in [-0.15, -0.1) is 22.7 Å². The standard InChI is InChI=1S/C28H36O2S2/c29-23-17-11-7-3-1-2-4-9-13-19(15-17)25-21(23)27-28(31-25)22-24(30)18-12-8-5-6-10-14-20(16-18)26(22)32-27/h17-20H,1-16H2. The second-order valence-electron chi connectivity index (χ2n) is 11.0. The highest BCUT2D eigenvalue weighted by molar-refractivity contribution is 7.29. The molecule has 0 spiro atoms. The van der Waals surface area contributed by atoms with Crippen molar-refractivity contribution in [2.75, 3.05) is 0 Å². The van der Waals surface area contributed by atoms with Gasteiger partial charge in [-0.2, -0.15) is 0 Å². The summed E-state index contributed by atoms with van der Waals surface area (Å²) < 4.78 is 2.42. The van der Waals surface area contributed by atoms with E-state index in [4.69, 9.17) is 0 Å². The number of ketones is 2. The van der Waals surface area contributed by atoms with Crippen LogP contribution in [0.15, 0.2) is 0 Å². The smallest absolute Gasteiger partial charge is 0.168 e. The molecule has 4 aliphatic rings. The van der Waals surface area contributed by atoms with Gasteiger partial charge in [-0.1, -0.05) is 64.2 Å². The molecule has 172 valence electrons. The first-order valence-electron chi connectivity index (χ1n) is 13.4. The third-order valence-corrected chi connectivity index (χ3v) is 11.8. The van der Waals surface area contributed by atoms with Crippen molar-refractivity contribution in [3.63, 3.8) is 0 Å². The lowest BCUT2D eigenvalue weighted by atomic mass is 9.76. The Morgan fingerprint density at radius 3 is 1.22 bits per heavy atom. The van der Waals surface area contributed by atoms with Crippen molar-refractivity contribution in [2.24, 2.45) is 11.8 Å². The summed E-state index contributed by atoms with van der Waals surface area (Å²) in [5.74, 6) is 2.36. The van der Waals surface area contributed by atoms with E-state index in [2.05, 4.69) is 0 Å². The van der Waals surface area contributed by atoms with Crippen molar-refractivity contribution in [1.29, 1.82) is 0 Å². The Balaban J connectivity index is 1.46. The van der Waals surface area contributed by atoms with E-state index < -0.39 is 0 Å². The molecule has 4 atom stereocenters. The van der Waals surface area contributed by atoms with Crippen LogP contribution in [0.2, 0.25) is 0 Å². The van der Waals surface area contributed by atoms with Gasteiger partial charge in [0.2, 0.25) is 0 Å². The molecule has 2 fully saturated rings. The summed E-state index contributed by atoms with van der Waals surface area (Å²) in [7, 11) is 0. The first-order valence-corrected chi connectivity index (χ1v) is 15.0. The molecule has 2 nitrogen and oxygen atoms in total. The van der Waals surface area contributed by atoms with Crippen molar-refractivity contribution in [3.8, 4) is 0 Å². The summed E-state index contributed by atoms with van der Waals surface area (Å²) >= 11 is 3.71. The highest BCUT2D eigenvalue weighted by Crippen LogP contribution is 2.55. The number of carbonyl (C=O) groups is 2. The summed E-state index contributed by atoms with van der Waals surface area (Å²) in [4.78, 5) is 30.1. The normalized spacial score (nSPS) is 31.8. The maximum absolute atomic E-state index is 13.8. The molecule has 6 rings (SSSR count). The topological polar surface area (TPSA) is 34.1 Å². The molecular formula is C28H36O2S2. The number of fused-ring (bicyclic) bond motifs is 11. The van der Waals surface area contributed by atoms with Crippen LogP contribution < -0.4 is 0 Å². The van der Waals surface area contributed by atoms with Gasteiger partial charge in [0.05, 0.1) is 9.40 Å². The molecule has 0 aromatic carbocycles. The van der Waals surface area contributed by atoms with E-state index in [1.54, 1.807) is 0 Å². The molecule has 32 heavy (non-hydrogen) atoms. The third-order valence-electron chi connectivity index (χ3n) is 8.90. The first-order chi connectivity index (χ1) is 15.7. The van der Waals surface area contributed by atoms with Gasteiger partial charge in [-0.05, 0) is 50.4 Å². The molecule has 4 heteroatoms. The highest BCUT2D eigenvalue weighted by atomic mass is 32.1. The second-order valence-corrected chi connectivity index (χ2v) is 13.1. The van der Waals surface area contributed by atoms with Gasteiger partial charge in [0, 0.05) is 32.7 Å². The Morgan fingerprint density at radius 2 is 0.812 bits per heavy atom. The van der Waals surface area contributed by atoms with E-state index in [0.29, 0.717) is 23.4 Å². The average molecular weight is 469 g/mol. The van der Waals surface area contributed by atoms with Crippen LogP contribution in [-0.2, 0) is 0 Å². The van der Waals surface area contributed by atoms with Crippen LogP contribution in [0.1, 0.15) is 145 Å². The fraction of sp³-hybridized carbons (Fsp3) is 0.714. The minimum atomic E-state index is 0.215. The molecule has 2 saturated carbocycles. The number of hydrogen-bond donors (Lipinski definition) is 0. The molecule has 4 unspecified atom stereocenters. The largest absolute Gasteiger partial charge is 0.294 e. The molecule has 0 saturated heterocycles. The Bertz CT molecular complexity index is 1030. The van der Waals surface area contributed by atoms with Crippen LogP contribution in [0.3, 0.4) is 0 Å². The maximum atomic E-state index is 13.8. The first kappa shape index (κ1) is 21.5. The summed E-state index contributed by atoms with van der Waals surface area (Å²) in [6, 6.07) is 0. The molecule has 0 N–H and O–H groups in total. The Morgan fingerprint density at radius 1 is 0.469 bits per heavy atom. The van der Waals surface area contributed by atoms with Crippen molar-refractivity contribution in [1.82, 2.24) is 0 Å². The number of rotatable bonds is 0. The van der Waals surface area contributed by atoms with E-state index in [9.17, 15) is 9.59 Å². The number of carbonyl (C=O) groups excluding carboxylic acids is 2. The third kappa shape index (κ3) is 3.64. The fourth-order valence-corrected chi connectivity index (χ4v) is 10.4. The summed E-state index contributed by atoms with van der Waals surface area (Å²) in [6.45, 7) is 0. The Labute approximate surface area is 200 Å². The van der Waals surface area contributed by atoms with Gasteiger partial charge in [0.1, 0.15) is 0 Å². The number of Topliss-reactive ketones (excluding diaryl/α,β-unsaturated/α-hetero) is 2. The summed E-state index contributed by atoms with van der Waals surface area (Å²) in [6.07, 6.45) is 19.6. The van der Waals surface area contributed by atoms with Crippen molar-refractivity contribution in [3.05, 3.63) is 20.9 Å². The lowest BCUT2D eigenvalue weighted by molar-refractivity contribution is 0.0878. The molecule has 0 aliphatic heterocycles. The molecule has 4 bridgehead atoms. The monoisotopic (exact) mass is 468 g/mol. The quantitative estimate of drug-likeness (QED) is 0.386. The zero-order valence-electron chi connectivity index (χ0n) is 19.3. The average Bonchev–Trinajstić information content (AvgIpc) is 3.34. The predicted molar refractivity (Wildman–Crippen MR) is 135 cm³/mol. The van der Waals surface area contributed by atoms with Crippen molar-refractivity contribution in [2.45, 2.75) is 115 Å².